The summed E-state index contributed by atoms with van der Waals surface area (Å²) < 4.78 is 5.20. The van der Waals surface area contributed by atoms with Gasteiger partial charge in [-0.25, -0.2) is 0 Å². The molecule has 0 aliphatic rings. The molecule has 1 aromatic carbocycles. The molecule has 1 aromatic rings. The molecule has 3 N–H and O–H groups in total. The highest BCUT2D eigenvalue weighted by Crippen LogP contribution is 2.38. The number of amides is 1. The molecule has 0 spiro atoms. The third-order valence-corrected chi connectivity index (χ3v) is 4.19. The maximum atomic E-state index is 10.7. The Morgan fingerprint density at radius 1 is 1.23 bits per heavy atom. The van der Waals surface area contributed by atoms with E-state index in [0.717, 1.165) is 5.56 Å². The molecule has 1 amide bonds. The van der Waals surface area contributed by atoms with Crippen molar-refractivity contribution in [2.24, 2.45) is 11.1 Å². The van der Waals surface area contributed by atoms with Crippen LogP contribution in [-0.4, -0.2) is 28.3 Å². The maximum absolute atomic E-state index is 10.7. The summed E-state index contributed by atoms with van der Waals surface area (Å²) in [6, 6.07) is 6.98. The van der Waals surface area contributed by atoms with E-state index in [1.54, 1.807) is 24.3 Å². The second-order valence-corrected chi connectivity index (χ2v) is 6.85. The van der Waals surface area contributed by atoms with Crippen molar-refractivity contribution in [2.45, 2.75) is 40.2 Å². The van der Waals surface area contributed by atoms with Crippen LogP contribution in [0.5, 0.6) is 5.75 Å². The Labute approximate surface area is 132 Å². The van der Waals surface area contributed by atoms with Gasteiger partial charge in [-0.3, -0.25) is 15.1 Å². The monoisotopic (exact) mass is 306 g/mol. The van der Waals surface area contributed by atoms with E-state index in [1.165, 1.54) is 5.06 Å². The smallest absolute Gasteiger partial charge is 0.255 e. The van der Waals surface area contributed by atoms with Gasteiger partial charge in [-0.2, -0.15) is 0 Å². The highest BCUT2D eigenvalue weighted by molar-refractivity contribution is 5.75. The van der Waals surface area contributed by atoms with Crippen LogP contribution in [0.3, 0.4) is 0 Å². The minimum atomic E-state index is -0.526. The number of hydroxylamine groups is 2. The normalized spacial score (nSPS) is 11.9. The summed E-state index contributed by atoms with van der Waals surface area (Å²) in [7, 11) is 0. The number of hydrogen-bond acceptors (Lipinski definition) is 4. The molecular formula is C17H26N2O3. The van der Waals surface area contributed by atoms with Crippen molar-refractivity contribution in [1.82, 2.24) is 5.06 Å². The van der Waals surface area contributed by atoms with Crippen LogP contribution in [0.2, 0.25) is 0 Å². The lowest BCUT2D eigenvalue weighted by Crippen LogP contribution is -2.50. The molecule has 0 aromatic heterocycles. The van der Waals surface area contributed by atoms with Gasteiger partial charge in [0.2, 0.25) is 0 Å². The number of hydrogen-bond donors (Lipinski definition) is 2. The van der Waals surface area contributed by atoms with Gasteiger partial charge in [0, 0.05) is 0 Å². The van der Waals surface area contributed by atoms with Crippen LogP contribution < -0.4 is 10.5 Å². The average Bonchev–Trinajstić information content (AvgIpc) is 2.42. The zero-order chi connectivity index (χ0) is 17.1. The van der Waals surface area contributed by atoms with E-state index < -0.39 is 11.4 Å². The number of ether oxygens (including phenoxy) is 1. The van der Waals surface area contributed by atoms with Crippen molar-refractivity contribution < 1.29 is 14.7 Å². The minimum absolute atomic E-state index is 0.144. The molecule has 0 aliphatic carbocycles. The quantitative estimate of drug-likeness (QED) is 0.792. The summed E-state index contributed by atoms with van der Waals surface area (Å²) in [5.74, 6) is 0.0110. The summed E-state index contributed by atoms with van der Waals surface area (Å²) in [5, 5.41) is 11.7. The van der Waals surface area contributed by atoms with Crippen LogP contribution in [-0.2, 0) is 4.79 Å². The number of rotatable bonds is 6. The van der Waals surface area contributed by atoms with Crippen molar-refractivity contribution in [2.75, 3.05) is 6.61 Å². The molecule has 5 nitrogen and oxygen atoms in total. The van der Waals surface area contributed by atoms with E-state index in [-0.39, 0.29) is 12.0 Å². The van der Waals surface area contributed by atoms with E-state index in [9.17, 15) is 10.0 Å². The molecule has 0 saturated heterocycles. The molecule has 0 aliphatic heterocycles. The van der Waals surface area contributed by atoms with Crippen molar-refractivity contribution in [3.8, 4) is 5.75 Å². The molecule has 0 radical (unpaired) electrons. The van der Waals surface area contributed by atoms with Crippen LogP contribution in [0, 0.1) is 5.41 Å². The second-order valence-electron chi connectivity index (χ2n) is 6.85. The van der Waals surface area contributed by atoms with Gasteiger partial charge in [-0.1, -0.05) is 27.4 Å². The lowest BCUT2D eigenvalue weighted by Gasteiger charge is -2.45. The lowest BCUT2D eigenvalue weighted by atomic mass is 9.75. The molecule has 5 heteroatoms. The first kappa shape index (κ1) is 18.0. The van der Waals surface area contributed by atoms with Gasteiger partial charge < -0.3 is 10.5 Å². The Morgan fingerprint density at radius 3 is 2.14 bits per heavy atom. The van der Waals surface area contributed by atoms with E-state index in [4.69, 9.17) is 10.5 Å². The SMILES string of the molecule is C=C(c1ccc(OCC(N)=O)cc1)N(O)C(C)(C)C(C)(C)C. The van der Waals surface area contributed by atoms with Gasteiger partial charge in [0.1, 0.15) is 5.75 Å². The van der Waals surface area contributed by atoms with Crippen molar-refractivity contribution >= 4 is 11.6 Å². The van der Waals surface area contributed by atoms with Gasteiger partial charge >= 0.3 is 0 Å². The van der Waals surface area contributed by atoms with Crippen LogP contribution in [0.15, 0.2) is 30.8 Å². The highest BCUT2D eigenvalue weighted by atomic mass is 16.5. The largest absolute Gasteiger partial charge is 0.484 e. The highest BCUT2D eigenvalue weighted by Gasteiger charge is 2.39. The number of primary amides is 1. The first-order valence-corrected chi connectivity index (χ1v) is 7.16. The van der Waals surface area contributed by atoms with Crippen molar-refractivity contribution in [3.05, 3.63) is 36.4 Å². The maximum Gasteiger partial charge on any atom is 0.255 e. The van der Waals surface area contributed by atoms with Gasteiger partial charge in [0.15, 0.2) is 6.61 Å². The molecule has 0 heterocycles. The summed E-state index contributed by atoms with van der Waals surface area (Å²) in [6.45, 7) is 13.9. The van der Waals surface area contributed by atoms with E-state index in [1.807, 2.05) is 13.8 Å². The number of carbonyl (C=O) groups excluding carboxylic acids is 1. The van der Waals surface area contributed by atoms with Crippen molar-refractivity contribution in [1.29, 1.82) is 0 Å². The Hall–Kier alpha value is -2.01. The molecule has 0 saturated carbocycles. The molecule has 1 rings (SSSR count). The molecule has 0 fully saturated rings. The number of nitrogens with two attached hydrogens (primary N) is 1. The second kappa shape index (κ2) is 6.40. The molecule has 0 bridgehead atoms. The average molecular weight is 306 g/mol. The summed E-state index contributed by atoms with van der Waals surface area (Å²) in [5.41, 5.74) is 5.66. The first-order valence-electron chi connectivity index (χ1n) is 7.16. The van der Waals surface area contributed by atoms with Crippen molar-refractivity contribution in [3.63, 3.8) is 0 Å². The third-order valence-electron chi connectivity index (χ3n) is 4.19. The minimum Gasteiger partial charge on any atom is -0.484 e. The molecule has 0 atom stereocenters. The summed E-state index contributed by atoms with van der Waals surface area (Å²) >= 11 is 0. The predicted octanol–water partition coefficient (Wildman–Crippen LogP) is 3.04. The molecule has 0 unspecified atom stereocenters. The Balaban J connectivity index is 2.88. The van der Waals surface area contributed by atoms with Crippen LogP contribution in [0.1, 0.15) is 40.2 Å². The fourth-order valence-electron chi connectivity index (χ4n) is 1.68. The van der Waals surface area contributed by atoms with E-state index >= 15 is 0 Å². The van der Waals surface area contributed by atoms with Crippen LogP contribution in [0.25, 0.3) is 5.70 Å². The van der Waals surface area contributed by atoms with E-state index in [2.05, 4.69) is 27.4 Å². The molecule has 22 heavy (non-hydrogen) atoms. The Morgan fingerprint density at radius 2 is 1.73 bits per heavy atom. The molecular weight excluding hydrogens is 280 g/mol. The standard InChI is InChI=1S/C17H26N2O3/c1-12(19(21)17(5,6)16(2,3)4)13-7-9-14(10-8-13)22-11-15(18)20/h7-10,21H,1,11H2,2-6H3,(H2,18,20). The predicted molar refractivity (Wildman–Crippen MR) is 87.3 cm³/mol. The van der Waals surface area contributed by atoms with E-state index in [0.29, 0.717) is 11.4 Å². The van der Waals surface area contributed by atoms with Gasteiger partial charge in [-0.05, 0) is 49.1 Å². The van der Waals surface area contributed by atoms with Gasteiger partial charge in [0.25, 0.3) is 5.91 Å². The Bertz CT molecular complexity index is 542. The number of nitrogens with zero attached hydrogens (tertiary/aromatic N) is 1. The Kier molecular flexibility index (Phi) is 5.25. The van der Waals surface area contributed by atoms with Crippen LogP contribution >= 0.6 is 0 Å². The lowest BCUT2D eigenvalue weighted by molar-refractivity contribution is -0.143. The van der Waals surface area contributed by atoms with Gasteiger partial charge in [-0.15, -0.1) is 0 Å². The first-order chi connectivity index (χ1) is 9.96. The van der Waals surface area contributed by atoms with Crippen LogP contribution in [0.4, 0.5) is 0 Å². The molecule has 122 valence electrons. The fourth-order valence-corrected chi connectivity index (χ4v) is 1.68. The summed E-state index contributed by atoms with van der Waals surface area (Å²) in [6.07, 6.45) is 0. The van der Waals surface area contributed by atoms with Gasteiger partial charge in [0.05, 0.1) is 11.2 Å². The third kappa shape index (κ3) is 4.01. The number of carbonyl (C=O) groups is 1. The topological polar surface area (TPSA) is 75.8 Å². The number of benzene rings is 1. The fraction of sp³-hybridized carbons (Fsp3) is 0.471. The zero-order valence-electron chi connectivity index (χ0n) is 14.0. The summed E-state index contributed by atoms with van der Waals surface area (Å²) in [4.78, 5) is 10.7. The zero-order valence-corrected chi connectivity index (χ0v) is 14.0.